The molecule has 0 amide bonds. The van der Waals surface area contributed by atoms with Gasteiger partial charge >= 0.3 is 23.1 Å². The largest absolute Gasteiger partial charge is 2.00 e. The third-order valence-corrected chi connectivity index (χ3v) is 1.05. The minimum Gasteiger partial charge on any atom is -1.00 e. The van der Waals surface area contributed by atoms with Gasteiger partial charge in [0.1, 0.15) is 0 Å². The first-order valence-electron chi connectivity index (χ1n) is 2.12. The van der Waals surface area contributed by atoms with Gasteiger partial charge in [-0.25, -0.2) is 0 Å². The topological polar surface area (TPSA) is 0 Å². The second-order valence-corrected chi connectivity index (χ2v) is 1.71. The van der Waals surface area contributed by atoms with Crippen molar-refractivity contribution >= 4 is 34.7 Å². The van der Waals surface area contributed by atoms with E-state index in [4.69, 9.17) is 11.6 Å². The van der Waals surface area contributed by atoms with Gasteiger partial charge in [-0.2, -0.15) is 18.2 Å². The van der Waals surface area contributed by atoms with Gasteiger partial charge in [-0.05, 0) is 5.02 Å². The first kappa shape index (κ1) is 13.1. The van der Waals surface area contributed by atoms with Crippen LogP contribution in [0, 0.1) is 11.9 Å². The molecule has 50 valence electrons. The van der Waals surface area contributed by atoms with E-state index in [1.807, 2.05) is 0 Å². The second-order valence-electron chi connectivity index (χ2n) is 1.33. The summed E-state index contributed by atoms with van der Waals surface area (Å²) in [5.74, 6) is -0.422. The van der Waals surface area contributed by atoms with Crippen LogP contribution in [-0.2, 0) is 0 Å². The zero-order valence-corrected chi connectivity index (χ0v) is 8.00. The number of hydrogen-bond donors (Lipinski definition) is 0. The zero-order valence-electron chi connectivity index (χ0n) is 5.07. The molecule has 0 aromatic heterocycles. The average molecular weight is 189 g/mol. The Morgan fingerprint density at radius 2 is 2.10 bits per heavy atom. The number of halogens is 3. The Kier molecular flexibility index (Phi) is 8.16. The Morgan fingerprint density at radius 1 is 1.50 bits per heavy atom. The summed E-state index contributed by atoms with van der Waals surface area (Å²) < 4.78 is 12.2. The molecule has 1 aromatic carbocycles. The summed E-state index contributed by atoms with van der Waals surface area (Å²) in [6.45, 7) is 0. The molecule has 0 spiro atoms. The Labute approximate surface area is 86.3 Å². The molecule has 10 heavy (non-hydrogen) atoms. The van der Waals surface area contributed by atoms with E-state index in [-0.39, 0.29) is 40.5 Å². The molecule has 0 nitrogen and oxygen atoms in total. The van der Waals surface area contributed by atoms with Gasteiger partial charge in [0.05, 0.1) is 0 Å². The number of benzene rings is 1. The molecule has 0 aliphatic carbocycles. The molecule has 0 radical (unpaired) electrons. The van der Waals surface area contributed by atoms with E-state index in [0.717, 1.165) is 0 Å². The maximum atomic E-state index is 12.2. The molecule has 0 saturated heterocycles. The van der Waals surface area contributed by atoms with Crippen LogP contribution in [0.2, 0.25) is 5.02 Å². The fraction of sp³-hybridized carbons (Fsp3) is 0. The molecule has 4 heteroatoms. The molecule has 1 aromatic rings. The monoisotopic (exact) mass is 188 g/mol. The molecular formula is C6H3Cl2FMg. The van der Waals surface area contributed by atoms with Gasteiger partial charge in [0.2, 0.25) is 0 Å². The molecule has 1 rings (SSSR count). The SMILES string of the molecule is Fc1ccc[c-]c1Cl.[Cl-].[Mg+2]. The molecule has 0 N–H and O–H groups in total. The summed E-state index contributed by atoms with van der Waals surface area (Å²) in [6, 6.07) is 6.88. The Bertz CT molecular complexity index is 172. The first-order valence-corrected chi connectivity index (χ1v) is 2.50. The molecule has 0 aliphatic heterocycles. The normalized spacial score (nSPS) is 7.40. The minimum absolute atomic E-state index is 0. The first-order chi connectivity index (χ1) is 3.80. The van der Waals surface area contributed by atoms with Crippen LogP contribution >= 0.6 is 11.6 Å². The van der Waals surface area contributed by atoms with E-state index in [1.165, 1.54) is 6.07 Å². The summed E-state index contributed by atoms with van der Waals surface area (Å²) in [7, 11) is 0. The van der Waals surface area contributed by atoms with Crippen molar-refractivity contribution in [3.63, 3.8) is 0 Å². The molecule has 0 aliphatic rings. The van der Waals surface area contributed by atoms with E-state index in [1.54, 1.807) is 12.1 Å². The zero-order chi connectivity index (χ0) is 5.98. The summed E-state index contributed by atoms with van der Waals surface area (Å²) in [5, 5.41) is 0.0486. The molecule has 0 bridgehead atoms. The van der Waals surface area contributed by atoms with Crippen LogP contribution in [-0.4, -0.2) is 23.1 Å². The average Bonchev–Trinajstić information content (AvgIpc) is 1.77. The number of rotatable bonds is 0. The summed E-state index contributed by atoms with van der Waals surface area (Å²) in [4.78, 5) is 0. The second kappa shape index (κ2) is 6.22. The molecule has 0 unspecified atom stereocenters. The maximum Gasteiger partial charge on any atom is 2.00 e. The molecule has 0 fully saturated rings. The summed E-state index contributed by atoms with van der Waals surface area (Å²) in [6.07, 6.45) is 0. The van der Waals surface area contributed by atoms with Crippen molar-refractivity contribution in [3.05, 3.63) is 35.1 Å². The van der Waals surface area contributed by atoms with Crippen molar-refractivity contribution < 1.29 is 16.8 Å². The Morgan fingerprint density at radius 3 is 2.40 bits per heavy atom. The van der Waals surface area contributed by atoms with Crippen molar-refractivity contribution in [2.75, 3.05) is 0 Å². The van der Waals surface area contributed by atoms with E-state index >= 15 is 0 Å². The van der Waals surface area contributed by atoms with E-state index in [9.17, 15) is 4.39 Å². The molecule has 0 atom stereocenters. The van der Waals surface area contributed by atoms with Gasteiger partial charge in [0.25, 0.3) is 0 Å². The van der Waals surface area contributed by atoms with Crippen LogP contribution in [0.5, 0.6) is 0 Å². The third-order valence-electron chi connectivity index (χ3n) is 0.759. The van der Waals surface area contributed by atoms with Crippen LogP contribution in [0.3, 0.4) is 0 Å². The van der Waals surface area contributed by atoms with Crippen molar-refractivity contribution in [2.45, 2.75) is 0 Å². The van der Waals surface area contributed by atoms with Crippen LogP contribution < -0.4 is 12.4 Å². The standard InChI is InChI=1S/C6H3ClF.ClH.Mg/c7-5-3-1-2-4-6(5)8;;/h1-2,4H;1H;/q-1;;+2/p-1. The van der Waals surface area contributed by atoms with Crippen molar-refractivity contribution in [2.24, 2.45) is 0 Å². The van der Waals surface area contributed by atoms with E-state index in [0.29, 0.717) is 0 Å². The quantitative estimate of drug-likeness (QED) is 0.359. The fourth-order valence-electron chi connectivity index (χ4n) is 0.396. The fourth-order valence-corrected chi connectivity index (χ4v) is 0.522. The van der Waals surface area contributed by atoms with Crippen LogP contribution in [0.4, 0.5) is 4.39 Å². The summed E-state index contributed by atoms with van der Waals surface area (Å²) >= 11 is 5.28. The van der Waals surface area contributed by atoms with E-state index in [2.05, 4.69) is 6.07 Å². The predicted octanol–water partition coefficient (Wildman–Crippen LogP) is -1.10. The van der Waals surface area contributed by atoms with Crippen molar-refractivity contribution in [1.82, 2.24) is 0 Å². The Balaban J connectivity index is 0. The van der Waals surface area contributed by atoms with Gasteiger partial charge in [0.15, 0.2) is 0 Å². The van der Waals surface area contributed by atoms with Crippen LogP contribution in [0.25, 0.3) is 0 Å². The van der Waals surface area contributed by atoms with Crippen LogP contribution in [0.15, 0.2) is 18.2 Å². The summed E-state index contributed by atoms with van der Waals surface area (Å²) in [5.41, 5.74) is 0. The van der Waals surface area contributed by atoms with Crippen molar-refractivity contribution in [3.8, 4) is 0 Å². The van der Waals surface area contributed by atoms with Gasteiger partial charge < -0.3 is 12.4 Å². The van der Waals surface area contributed by atoms with Crippen LogP contribution in [0.1, 0.15) is 0 Å². The van der Waals surface area contributed by atoms with Gasteiger partial charge in [-0.15, -0.1) is 17.7 Å². The molecular weight excluding hydrogens is 186 g/mol. The molecule has 0 saturated carbocycles. The molecule has 0 heterocycles. The van der Waals surface area contributed by atoms with Gasteiger partial charge in [-0.1, -0.05) is 0 Å². The van der Waals surface area contributed by atoms with Gasteiger partial charge in [-0.3, -0.25) is 4.39 Å². The van der Waals surface area contributed by atoms with Crippen molar-refractivity contribution in [1.29, 1.82) is 0 Å². The van der Waals surface area contributed by atoms with Gasteiger partial charge in [0, 0.05) is 5.82 Å². The third kappa shape index (κ3) is 3.61. The van der Waals surface area contributed by atoms with E-state index < -0.39 is 5.82 Å². The smallest absolute Gasteiger partial charge is 1.00 e. The maximum absolute atomic E-state index is 12.2. The minimum atomic E-state index is -0.422. The predicted molar refractivity (Wildman–Crippen MR) is 36.0 cm³/mol. The number of hydrogen-bond acceptors (Lipinski definition) is 0. The Hall–Kier alpha value is 0.496.